The Balaban J connectivity index is 1.64. The lowest BCUT2D eigenvalue weighted by atomic mass is 10.0. The molecule has 0 unspecified atom stereocenters. The molecule has 2 aromatic rings. The molecule has 1 aromatic carbocycles. The lowest BCUT2D eigenvalue weighted by Gasteiger charge is -2.32. The van der Waals surface area contributed by atoms with Gasteiger partial charge in [-0.25, -0.2) is 4.79 Å². The molecular formula is C23H28ClN3O4S. The highest BCUT2D eigenvalue weighted by Crippen LogP contribution is 2.39. The average Bonchev–Trinajstić information content (AvgIpc) is 3.17. The number of likely N-dealkylation sites (tertiary alicyclic amines) is 1. The summed E-state index contributed by atoms with van der Waals surface area (Å²) in [6.07, 6.45) is 1.60. The summed E-state index contributed by atoms with van der Waals surface area (Å²) < 4.78 is 4.96. The minimum atomic E-state index is -0.529. The van der Waals surface area contributed by atoms with Gasteiger partial charge >= 0.3 is 5.97 Å². The zero-order chi connectivity index (χ0) is 23.3. The van der Waals surface area contributed by atoms with Crippen molar-refractivity contribution in [3.8, 4) is 11.1 Å². The highest BCUT2D eigenvalue weighted by molar-refractivity contribution is 7.15. The Kier molecular flexibility index (Phi) is 8.28. The molecule has 1 aliphatic rings. The maximum absolute atomic E-state index is 12.7. The monoisotopic (exact) mass is 477 g/mol. The Morgan fingerprint density at radius 3 is 2.50 bits per heavy atom. The van der Waals surface area contributed by atoms with Gasteiger partial charge in [-0.1, -0.05) is 43.6 Å². The minimum Gasteiger partial charge on any atom is -0.465 e. The van der Waals surface area contributed by atoms with Gasteiger partial charge in [-0.3, -0.25) is 14.5 Å². The number of carbonyl (C=O) groups is 3. The van der Waals surface area contributed by atoms with Gasteiger partial charge in [0.1, 0.15) is 10.6 Å². The summed E-state index contributed by atoms with van der Waals surface area (Å²) in [6, 6.07) is 7.37. The van der Waals surface area contributed by atoms with Crippen LogP contribution in [0.25, 0.3) is 11.1 Å². The minimum absolute atomic E-state index is 0.0377. The zero-order valence-corrected chi connectivity index (χ0v) is 20.0. The number of amides is 2. The van der Waals surface area contributed by atoms with E-state index in [1.165, 1.54) is 18.4 Å². The fraction of sp³-hybridized carbons (Fsp3) is 0.435. The van der Waals surface area contributed by atoms with Crippen LogP contribution in [-0.4, -0.2) is 55.5 Å². The molecular weight excluding hydrogens is 450 g/mol. The first-order valence-corrected chi connectivity index (χ1v) is 11.8. The number of anilines is 1. The summed E-state index contributed by atoms with van der Waals surface area (Å²) in [5.41, 5.74) is 1.63. The van der Waals surface area contributed by atoms with Crippen LogP contribution in [0, 0.1) is 5.92 Å². The first-order valence-electron chi connectivity index (χ1n) is 10.6. The van der Waals surface area contributed by atoms with E-state index in [0.29, 0.717) is 26.7 Å². The molecule has 3 rings (SSSR count). The van der Waals surface area contributed by atoms with Crippen molar-refractivity contribution < 1.29 is 19.1 Å². The van der Waals surface area contributed by atoms with Crippen molar-refractivity contribution in [2.75, 3.05) is 32.1 Å². The smallest absolute Gasteiger partial charge is 0.341 e. The standard InChI is InChI=1S/C23H28ClN3O4S/c1-14(2)21(29)25-15-8-10-27(11-9-15)12-19(28)26-22-20(23(30)31-3)17(13-32-22)16-6-4-5-7-18(16)24/h4-7,13-15H,8-12H2,1-3H3,(H,25,29)(H,26,28). The van der Waals surface area contributed by atoms with E-state index < -0.39 is 5.97 Å². The molecule has 1 aromatic heterocycles. The van der Waals surface area contributed by atoms with Gasteiger partial charge in [0, 0.05) is 46.6 Å². The molecule has 0 bridgehead atoms. The molecule has 0 spiro atoms. The Labute approximate surface area is 197 Å². The number of methoxy groups -OCH3 is 1. The molecule has 0 aliphatic carbocycles. The molecule has 1 fully saturated rings. The number of benzene rings is 1. The lowest BCUT2D eigenvalue weighted by molar-refractivity contribution is -0.125. The van der Waals surface area contributed by atoms with Gasteiger partial charge < -0.3 is 15.4 Å². The molecule has 32 heavy (non-hydrogen) atoms. The third kappa shape index (κ3) is 5.88. The van der Waals surface area contributed by atoms with Crippen LogP contribution in [0.3, 0.4) is 0 Å². The number of nitrogens with one attached hydrogen (secondary N) is 2. The van der Waals surface area contributed by atoms with Gasteiger partial charge in [-0.05, 0) is 18.9 Å². The van der Waals surface area contributed by atoms with E-state index in [1.54, 1.807) is 11.4 Å². The summed E-state index contributed by atoms with van der Waals surface area (Å²) in [6.45, 7) is 5.40. The van der Waals surface area contributed by atoms with Crippen molar-refractivity contribution in [2.24, 2.45) is 5.92 Å². The molecule has 7 nitrogen and oxygen atoms in total. The van der Waals surface area contributed by atoms with Crippen molar-refractivity contribution in [1.29, 1.82) is 0 Å². The van der Waals surface area contributed by atoms with E-state index in [9.17, 15) is 14.4 Å². The molecule has 172 valence electrons. The summed E-state index contributed by atoms with van der Waals surface area (Å²) in [5, 5.41) is 8.67. The fourth-order valence-corrected chi connectivity index (χ4v) is 4.81. The predicted molar refractivity (Wildman–Crippen MR) is 127 cm³/mol. The summed E-state index contributed by atoms with van der Waals surface area (Å²) in [4.78, 5) is 39.1. The maximum Gasteiger partial charge on any atom is 0.341 e. The number of halogens is 1. The van der Waals surface area contributed by atoms with Crippen LogP contribution in [0.15, 0.2) is 29.6 Å². The van der Waals surface area contributed by atoms with Crippen molar-refractivity contribution in [3.05, 3.63) is 40.2 Å². The first kappa shape index (κ1) is 24.2. The van der Waals surface area contributed by atoms with Crippen LogP contribution in [0.2, 0.25) is 5.02 Å². The van der Waals surface area contributed by atoms with E-state index >= 15 is 0 Å². The van der Waals surface area contributed by atoms with Crippen LogP contribution in [-0.2, 0) is 14.3 Å². The Morgan fingerprint density at radius 1 is 1.19 bits per heavy atom. The number of piperidine rings is 1. The van der Waals surface area contributed by atoms with Gasteiger partial charge in [-0.15, -0.1) is 11.3 Å². The normalized spacial score (nSPS) is 14.9. The Hall–Kier alpha value is -2.42. The van der Waals surface area contributed by atoms with Crippen LogP contribution in [0.1, 0.15) is 37.0 Å². The third-order valence-corrected chi connectivity index (χ3v) is 6.65. The molecule has 1 saturated heterocycles. The summed E-state index contributed by atoms with van der Waals surface area (Å²) >= 11 is 7.58. The molecule has 2 N–H and O–H groups in total. The second kappa shape index (κ2) is 10.9. The molecule has 0 saturated carbocycles. The van der Waals surface area contributed by atoms with E-state index in [-0.39, 0.29) is 30.3 Å². The van der Waals surface area contributed by atoms with Gasteiger partial charge in [-0.2, -0.15) is 0 Å². The van der Waals surface area contributed by atoms with Crippen LogP contribution in [0.4, 0.5) is 5.00 Å². The number of hydrogen-bond acceptors (Lipinski definition) is 6. The number of carbonyl (C=O) groups excluding carboxylic acids is 3. The van der Waals surface area contributed by atoms with Crippen molar-refractivity contribution in [3.63, 3.8) is 0 Å². The van der Waals surface area contributed by atoms with E-state index in [0.717, 1.165) is 25.9 Å². The second-order valence-electron chi connectivity index (χ2n) is 8.09. The van der Waals surface area contributed by atoms with Gasteiger partial charge in [0.15, 0.2) is 0 Å². The highest BCUT2D eigenvalue weighted by atomic mass is 35.5. The number of rotatable bonds is 7. The third-order valence-electron chi connectivity index (χ3n) is 5.42. The summed E-state index contributed by atoms with van der Waals surface area (Å²) in [7, 11) is 1.31. The van der Waals surface area contributed by atoms with Crippen molar-refractivity contribution in [1.82, 2.24) is 10.2 Å². The molecule has 0 radical (unpaired) electrons. The second-order valence-corrected chi connectivity index (χ2v) is 9.37. The van der Waals surface area contributed by atoms with E-state index in [2.05, 4.69) is 10.6 Å². The number of thiophene rings is 1. The molecule has 2 heterocycles. The number of ether oxygens (including phenoxy) is 1. The zero-order valence-electron chi connectivity index (χ0n) is 18.4. The topological polar surface area (TPSA) is 87.7 Å². The Bertz CT molecular complexity index is 983. The van der Waals surface area contributed by atoms with Gasteiger partial charge in [0.25, 0.3) is 0 Å². The first-order chi connectivity index (χ1) is 15.3. The summed E-state index contributed by atoms with van der Waals surface area (Å²) in [5.74, 6) is -0.710. The largest absolute Gasteiger partial charge is 0.465 e. The lowest BCUT2D eigenvalue weighted by Crippen LogP contribution is -2.47. The van der Waals surface area contributed by atoms with Gasteiger partial charge in [0.05, 0.1) is 13.7 Å². The van der Waals surface area contributed by atoms with Gasteiger partial charge in [0.2, 0.25) is 11.8 Å². The van der Waals surface area contributed by atoms with E-state index in [4.69, 9.17) is 16.3 Å². The maximum atomic E-state index is 12.7. The molecule has 9 heteroatoms. The van der Waals surface area contributed by atoms with E-state index in [1.807, 2.05) is 36.9 Å². The predicted octanol–water partition coefficient (Wildman–Crippen LogP) is 4.03. The van der Waals surface area contributed by atoms with Crippen LogP contribution < -0.4 is 10.6 Å². The average molecular weight is 478 g/mol. The van der Waals surface area contributed by atoms with Crippen LogP contribution in [0.5, 0.6) is 0 Å². The molecule has 1 aliphatic heterocycles. The molecule has 2 amide bonds. The quantitative estimate of drug-likeness (QED) is 0.588. The highest BCUT2D eigenvalue weighted by Gasteiger charge is 2.26. The van der Waals surface area contributed by atoms with Crippen molar-refractivity contribution >= 4 is 45.7 Å². The number of hydrogen-bond donors (Lipinski definition) is 2. The van der Waals surface area contributed by atoms with Crippen molar-refractivity contribution in [2.45, 2.75) is 32.7 Å². The Morgan fingerprint density at radius 2 is 1.88 bits per heavy atom. The number of esters is 1. The number of nitrogens with zero attached hydrogens (tertiary/aromatic N) is 1. The molecule has 0 atom stereocenters. The fourth-order valence-electron chi connectivity index (χ4n) is 3.60. The SMILES string of the molecule is COC(=O)c1c(-c2ccccc2Cl)csc1NC(=O)CN1CCC(NC(=O)C(C)C)CC1. The van der Waals surface area contributed by atoms with Crippen LogP contribution >= 0.6 is 22.9 Å².